The van der Waals surface area contributed by atoms with E-state index in [2.05, 4.69) is 30.2 Å². The average Bonchev–Trinajstić information content (AvgIpc) is 2.68. The van der Waals surface area contributed by atoms with Gasteiger partial charge in [0, 0.05) is 35.3 Å². The standard InChI is InChI=1S/C13H17N3S/c1-10-3-4-13(12(14)9-10)17-8-6-11-5-7-15-16(11)2/h3-5,7,9H,6,8,14H2,1-2H3. The zero-order chi connectivity index (χ0) is 12.3. The number of aromatic nitrogens is 2. The van der Waals surface area contributed by atoms with Crippen molar-refractivity contribution in [2.24, 2.45) is 7.05 Å². The molecule has 0 saturated carbocycles. The quantitative estimate of drug-likeness (QED) is 0.667. The smallest absolute Gasteiger partial charge is 0.0492 e. The van der Waals surface area contributed by atoms with Gasteiger partial charge in [-0.3, -0.25) is 4.68 Å². The molecule has 0 aliphatic carbocycles. The monoisotopic (exact) mass is 247 g/mol. The number of thioether (sulfide) groups is 1. The molecule has 90 valence electrons. The fourth-order valence-corrected chi connectivity index (χ4v) is 2.63. The Kier molecular flexibility index (Phi) is 3.74. The second kappa shape index (κ2) is 5.27. The summed E-state index contributed by atoms with van der Waals surface area (Å²) < 4.78 is 1.92. The van der Waals surface area contributed by atoms with E-state index in [-0.39, 0.29) is 0 Å². The lowest BCUT2D eigenvalue weighted by Gasteiger charge is -2.06. The number of benzene rings is 1. The van der Waals surface area contributed by atoms with E-state index in [0.717, 1.165) is 22.8 Å². The Balaban J connectivity index is 1.92. The topological polar surface area (TPSA) is 43.8 Å². The van der Waals surface area contributed by atoms with Crippen LogP contribution in [0.5, 0.6) is 0 Å². The number of nitrogen functional groups attached to an aromatic ring is 1. The van der Waals surface area contributed by atoms with E-state index in [1.54, 1.807) is 11.8 Å². The summed E-state index contributed by atoms with van der Waals surface area (Å²) in [4.78, 5) is 1.16. The van der Waals surface area contributed by atoms with Crippen LogP contribution >= 0.6 is 11.8 Å². The van der Waals surface area contributed by atoms with Gasteiger partial charge in [0.15, 0.2) is 0 Å². The maximum atomic E-state index is 5.97. The van der Waals surface area contributed by atoms with Crippen molar-refractivity contribution < 1.29 is 0 Å². The van der Waals surface area contributed by atoms with Gasteiger partial charge in [0.05, 0.1) is 0 Å². The van der Waals surface area contributed by atoms with Crippen LogP contribution in [0.25, 0.3) is 0 Å². The lowest BCUT2D eigenvalue weighted by Crippen LogP contribution is -1.99. The predicted octanol–water partition coefficient (Wildman–Crippen LogP) is 2.65. The zero-order valence-corrected chi connectivity index (χ0v) is 11.0. The third-order valence-corrected chi connectivity index (χ3v) is 3.79. The van der Waals surface area contributed by atoms with E-state index in [4.69, 9.17) is 5.73 Å². The van der Waals surface area contributed by atoms with Crippen LogP contribution in [0.3, 0.4) is 0 Å². The van der Waals surface area contributed by atoms with E-state index < -0.39 is 0 Å². The first-order chi connectivity index (χ1) is 8.16. The van der Waals surface area contributed by atoms with Crippen LogP contribution in [0.15, 0.2) is 35.4 Å². The highest BCUT2D eigenvalue weighted by Crippen LogP contribution is 2.26. The second-order valence-corrected chi connectivity index (χ2v) is 5.22. The Hall–Kier alpha value is -1.42. The van der Waals surface area contributed by atoms with Crippen molar-refractivity contribution in [3.05, 3.63) is 41.7 Å². The maximum absolute atomic E-state index is 5.97. The SMILES string of the molecule is Cc1ccc(SCCc2ccnn2C)c(N)c1. The summed E-state index contributed by atoms with van der Waals surface area (Å²) in [6.07, 6.45) is 2.84. The molecule has 17 heavy (non-hydrogen) atoms. The summed E-state index contributed by atoms with van der Waals surface area (Å²) in [6, 6.07) is 8.27. The molecule has 0 unspecified atom stereocenters. The molecule has 0 amide bonds. The van der Waals surface area contributed by atoms with Crippen molar-refractivity contribution in [2.45, 2.75) is 18.2 Å². The fourth-order valence-electron chi connectivity index (χ4n) is 1.71. The molecule has 2 N–H and O–H groups in total. The minimum atomic E-state index is 0.875. The summed E-state index contributed by atoms with van der Waals surface area (Å²) in [5.74, 6) is 1.02. The van der Waals surface area contributed by atoms with E-state index in [0.29, 0.717) is 0 Å². The van der Waals surface area contributed by atoms with Gasteiger partial charge in [-0.1, -0.05) is 6.07 Å². The minimum absolute atomic E-state index is 0.875. The van der Waals surface area contributed by atoms with Crippen molar-refractivity contribution in [1.82, 2.24) is 9.78 Å². The summed E-state index contributed by atoms with van der Waals surface area (Å²) >= 11 is 1.80. The highest BCUT2D eigenvalue weighted by molar-refractivity contribution is 7.99. The highest BCUT2D eigenvalue weighted by atomic mass is 32.2. The Labute approximate surface area is 106 Å². The molecule has 3 nitrogen and oxygen atoms in total. The third kappa shape index (κ3) is 3.03. The number of nitrogens with zero attached hydrogens (tertiary/aromatic N) is 2. The first-order valence-electron chi connectivity index (χ1n) is 5.62. The molecule has 0 aliphatic rings. The molecular weight excluding hydrogens is 230 g/mol. The first-order valence-corrected chi connectivity index (χ1v) is 6.61. The molecule has 1 heterocycles. The summed E-state index contributed by atoms with van der Waals surface area (Å²) in [7, 11) is 1.97. The van der Waals surface area contributed by atoms with Gasteiger partial charge in [0.1, 0.15) is 0 Å². The Bertz CT molecular complexity index is 505. The van der Waals surface area contributed by atoms with E-state index in [1.165, 1.54) is 11.3 Å². The molecule has 0 fully saturated rings. The van der Waals surface area contributed by atoms with Crippen molar-refractivity contribution in [3.8, 4) is 0 Å². The summed E-state index contributed by atoms with van der Waals surface area (Å²) in [5, 5.41) is 4.15. The number of hydrogen-bond donors (Lipinski definition) is 1. The molecule has 0 saturated heterocycles. The number of rotatable bonds is 4. The number of hydrogen-bond acceptors (Lipinski definition) is 3. The number of anilines is 1. The van der Waals surface area contributed by atoms with Crippen LogP contribution in [0.1, 0.15) is 11.3 Å². The normalized spacial score (nSPS) is 10.7. The Morgan fingerprint density at radius 2 is 2.18 bits per heavy atom. The van der Waals surface area contributed by atoms with E-state index in [9.17, 15) is 0 Å². The maximum Gasteiger partial charge on any atom is 0.0492 e. The summed E-state index contributed by atoms with van der Waals surface area (Å²) in [5.41, 5.74) is 9.31. The Morgan fingerprint density at radius 3 is 2.82 bits per heavy atom. The molecule has 0 spiro atoms. The van der Waals surface area contributed by atoms with Gasteiger partial charge in [-0.05, 0) is 37.1 Å². The molecule has 0 bridgehead atoms. The van der Waals surface area contributed by atoms with Crippen molar-refractivity contribution in [1.29, 1.82) is 0 Å². The van der Waals surface area contributed by atoms with Crippen LogP contribution in [0, 0.1) is 6.92 Å². The molecule has 0 atom stereocenters. The van der Waals surface area contributed by atoms with E-state index in [1.807, 2.05) is 24.0 Å². The van der Waals surface area contributed by atoms with Gasteiger partial charge in [-0.15, -0.1) is 11.8 Å². The van der Waals surface area contributed by atoms with Gasteiger partial charge < -0.3 is 5.73 Å². The lowest BCUT2D eigenvalue weighted by molar-refractivity contribution is 0.720. The number of aryl methyl sites for hydroxylation is 3. The number of nitrogens with two attached hydrogens (primary N) is 1. The van der Waals surface area contributed by atoms with Crippen molar-refractivity contribution in [2.75, 3.05) is 11.5 Å². The average molecular weight is 247 g/mol. The van der Waals surface area contributed by atoms with Crippen LogP contribution in [-0.2, 0) is 13.5 Å². The van der Waals surface area contributed by atoms with Crippen molar-refractivity contribution in [3.63, 3.8) is 0 Å². The minimum Gasteiger partial charge on any atom is -0.398 e. The molecule has 0 radical (unpaired) electrons. The molecule has 4 heteroatoms. The van der Waals surface area contributed by atoms with Crippen LogP contribution in [0.2, 0.25) is 0 Å². The molecule has 1 aromatic carbocycles. The third-order valence-electron chi connectivity index (χ3n) is 2.70. The van der Waals surface area contributed by atoms with Crippen LogP contribution in [-0.4, -0.2) is 15.5 Å². The lowest BCUT2D eigenvalue weighted by atomic mass is 10.2. The molecular formula is C13H17N3S. The largest absolute Gasteiger partial charge is 0.398 e. The second-order valence-electron chi connectivity index (χ2n) is 4.09. The van der Waals surface area contributed by atoms with Gasteiger partial charge >= 0.3 is 0 Å². The van der Waals surface area contributed by atoms with Gasteiger partial charge in [-0.25, -0.2) is 0 Å². The first kappa shape index (κ1) is 12.0. The van der Waals surface area contributed by atoms with Gasteiger partial charge in [0.2, 0.25) is 0 Å². The molecule has 2 rings (SSSR count). The molecule has 0 aliphatic heterocycles. The fraction of sp³-hybridized carbons (Fsp3) is 0.308. The Morgan fingerprint density at radius 1 is 1.35 bits per heavy atom. The highest BCUT2D eigenvalue weighted by Gasteiger charge is 2.02. The zero-order valence-electron chi connectivity index (χ0n) is 10.2. The van der Waals surface area contributed by atoms with Gasteiger partial charge in [-0.2, -0.15) is 5.10 Å². The van der Waals surface area contributed by atoms with E-state index >= 15 is 0 Å². The van der Waals surface area contributed by atoms with Crippen LogP contribution < -0.4 is 5.73 Å². The van der Waals surface area contributed by atoms with Gasteiger partial charge in [0.25, 0.3) is 0 Å². The summed E-state index contributed by atoms with van der Waals surface area (Å²) in [6.45, 7) is 2.06. The molecule has 1 aromatic heterocycles. The predicted molar refractivity (Wildman–Crippen MR) is 73.2 cm³/mol. The molecule has 2 aromatic rings. The van der Waals surface area contributed by atoms with Crippen molar-refractivity contribution >= 4 is 17.4 Å². The van der Waals surface area contributed by atoms with Crippen LogP contribution in [0.4, 0.5) is 5.69 Å².